The molecule has 0 spiro atoms. The number of hydrogen-bond acceptors (Lipinski definition) is 3. The fraction of sp³-hybridized carbons (Fsp3) is 0.286. The molecule has 0 aromatic carbocycles. The lowest BCUT2D eigenvalue weighted by molar-refractivity contribution is -0.142. The second-order valence-electron chi connectivity index (χ2n) is 4.70. The van der Waals surface area contributed by atoms with Crippen LogP contribution in [0.5, 0.6) is 0 Å². The van der Waals surface area contributed by atoms with Crippen LogP contribution in [0.25, 0.3) is 0 Å². The average molecular weight is 337 g/mol. The molecule has 23 heavy (non-hydrogen) atoms. The quantitative estimate of drug-likeness (QED) is 0.618. The SMILES string of the molecule is Cc1occc1Cc1ccc(C(=O)C(F)(F)F)c(C(F)(F)F)n1. The highest BCUT2D eigenvalue weighted by atomic mass is 19.4. The Labute approximate surface area is 125 Å². The Balaban J connectivity index is 2.47. The van der Waals surface area contributed by atoms with Gasteiger partial charge in [0, 0.05) is 12.1 Å². The van der Waals surface area contributed by atoms with Crippen LogP contribution in [0.3, 0.4) is 0 Å². The predicted octanol–water partition coefficient (Wildman–Crippen LogP) is 4.34. The van der Waals surface area contributed by atoms with Crippen LogP contribution in [0.2, 0.25) is 0 Å². The molecule has 9 heteroatoms. The summed E-state index contributed by atoms with van der Waals surface area (Å²) in [5.74, 6) is -2.13. The van der Waals surface area contributed by atoms with E-state index < -0.39 is 29.4 Å². The number of aromatic nitrogens is 1. The number of Topliss-reactive ketones (excluding diaryl/α,β-unsaturated/α-hetero) is 1. The van der Waals surface area contributed by atoms with Gasteiger partial charge in [0.05, 0.1) is 11.8 Å². The molecule has 0 N–H and O–H groups in total. The van der Waals surface area contributed by atoms with Crippen LogP contribution < -0.4 is 0 Å². The Morgan fingerprint density at radius 2 is 1.78 bits per heavy atom. The summed E-state index contributed by atoms with van der Waals surface area (Å²) in [7, 11) is 0. The van der Waals surface area contributed by atoms with E-state index in [1.165, 1.54) is 12.3 Å². The molecule has 2 aromatic heterocycles. The molecule has 0 saturated heterocycles. The number of alkyl halides is 6. The Hall–Kier alpha value is -2.32. The van der Waals surface area contributed by atoms with Crippen molar-refractivity contribution in [3.8, 4) is 0 Å². The van der Waals surface area contributed by atoms with Crippen molar-refractivity contribution in [1.82, 2.24) is 4.98 Å². The smallest absolute Gasteiger partial charge is 0.454 e. The minimum Gasteiger partial charge on any atom is -0.469 e. The molecule has 2 rings (SSSR count). The minimum absolute atomic E-state index is 0.0636. The lowest BCUT2D eigenvalue weighted by Crippen LogP contribution is -2.27. The number of pyridine rings is 1. The van der Waals surface area contributed by atoms with Crippen LogP contribution >= 0.6 is 0 Å². The lowest BCUT2D eigenvalue weighted by atomic mass is 10.0. The van der Waals surface area contributed by atoms with E-state index in [-0.39, 0.29) is 12.1 Å². The first-order chi connectivity index (χ1) is 10.5. The summed E-state index contributed by atoms with van der Waals surface area (Å²) in [4.78, 5) is 14.3. The maximum atomic E-state index is 12.9. The van der Waals surface area contributed by atoms with Gasteiger partial charge in [-0.05, 0) is 30.7 Å². The van der Waals surface area contributed by atoms with Gasteiger partial charge in [-0.15, -0.1) is 0 Å². The first-order valence-corrected chi connectivity index (χ1v) is 6.21. The topological polar surface area (TPSA) is 43.1 Å². The molecule has 0 amide bonds. The number of aryl methyl sites for hydroxylation is 1. The fourth-order valence-corrected chi connectivity index (χ4v) is 1.94. The molecular formula is C14H9F6NO2. The zero-order chi connectivity index (χ0) is 17.4. The maximum absolute atomic E-state index is 12.9. The van der Waals surface area contributed by atoms with Crippen LogP contribution in [-0.2, 0) is 12.6 Å². The van der Waals surface area contributed by atoms with Gasteiger partial charge in [0.2, 0.25) is 0 Å². The number of ketones is 1. The third kappa shape index (κ3) is 3.72. The van der Waals surface area contributed by atoms with Crippen molar-refractivity contribution in [3.63, 3.8) is 0 Å². The van der Waals surface area contributed by atoms with E-state index in [2.05, 4.69) is 4.98 Å². The van der Waals surface area contributed by atoms with Gasteiger partial charge in [-0.2, -0.15) is 26.3 Å². The molecule has 0 atom stereocenters. The van der Waals surface area contributed by atoms with E-state index in [0.717, 1.165) is 6.07 Å². The molecule has 0 bridgehead atoms. The number of hydrogen-bond donors (Lipinski definition) is 0. The zero-order valence-corrected chi connectivity index (χ0v) is 11.5. The highest BCUT2D eigenvalue weighted by Gasteiger charge is 2.45. The van der Waals surface area contributed by atoms with Crippen molar-refractivity contribution in [3.05, 3.63) is 52.7 Å². The van der Waals surface area contributed by atoms with Crippen LogP contribution in [0.4, 0.5) is 26.3 Å². The van der Waals surface area contributed by atoms with E-state index in [1.54, 1.807) is 6.92 Å². The highest BCUT2D eigenvalue weighted by Crippen LogP contribution is 2.34. The van der Waals surface area contributed by atoms with Gasteiger partial charge in [-0.25, -0.2) is 4.98 Å². The fourth-order valence-electron chi connectivity index (χ4n) is 1.94. The van der Waals surface area contributed by atoms with Crippen LogP contribution in [-0.4, -0.2) is 16.9 Å². The second kappa shape index (κ2) is 5.71. The van der Waals surface area contributed by atoms with Crippen molar-refractivity contribution in [2.24, 2.45) is 0 Å². The summed E-state index contributed by atoms with van der Waals surface area (Å²) in [6, 6.07) is 2.97. The predicted molar refractivity (Wildman–Crippen MR) is 65.9 cm³/mol. The van der Waals surface area contributed by atoms with E-state index in [9.17, 15) is 31.1 Å². The molecule has 0 radical (unpaired) electrons. The maximum Gasteiger partial charge on any atom is 0.454 e. The second-order valence-corrected chi connectivity index (χ2v) is 4.70. The monoisotopic (exact) mass is 337 g/mol. The van der Waals surface area contributed by atoms with Gasteiger partial charge in [-0.3, -0.25) is 4.79 Å². The molecular weight excluding hydrogens is 328 g/mol. The molecule has 0 aliphatic carbocycles. The minimum atomic E-state index is -5.41. The van der Waals surface area contributed by atoms with Gasteiger partial charge in [0.25, 0.3) is 5.78 Å². The highest BCUT2D eigenvalue weighted by molar-refractivity contribution is 6.01. The third-order valence-electron chi connectivity index (χ3n) is 3.06. The standard InChI is InChI=1S/C14H9F6NO2/c1-7-8(4-5-23-7)6-9-2-3-10(12(22)14(18,19)20)11(21-9)13(15,16)17/h2-5H,6H2,1H3. The summed E-state index contributed by atoms with van der Waals surface area (Å²) in [6.45, 7) is 1.58. The summed E-state index contributed by atoms with van der Waals surface area (Å²) in [5.41, 5.74) is -2.95. The van der Waals surface area contributed by atoms with E-state index in [4.69, 9.17) is 4.42 Å². The summed E-state index contributed by atoms with van der Waals surface area (Å²) in [5, 5.41) is 0. The number of carbonyl (C=O) groups is 1. The molecule has 0 unspecified atom stereocenters. The lowest BCUT2D eigenvalue weighted by Gasteiger charge is -2.14. The third-order valence-corrected chi connectivity index (χ3v) is 3.06. The van der Waals surface area contributed by atoms with Crippen LogP contribution in [0.15, 0.2) is 28.9 Å². The number of furan rings is 1. The Bertz CT molecular complexity index is 730. The van der Waals surface area contributed by atoms with Crippen LogP contribution in [0, 0.1) is 6.92 Å². The molecule has 3 nitrogen and oxygen atoms in total. The number of carbonyl (C=O) groups excluding carboxylic acids is 1. The summed E-state index contributed by atoms with van der Waals surface area (Å²) < 4.78 is 81.0. The Kier molecular flexibility index (Phi) is 4.23. The van der Waals surface area contributed by atoms with Crippen molar-refractivity contribution >= 4 is 5.78 Å². The number of halogens is 6. The molecule has 124 valence electrons. The molecule has 0 fully saturated rings. The normalized spacial score (nSPS) is 12.5. The molecule has 0 saturated carbocycles. The van der Waals surface area contributed by atoms with Crippen molar-refractivity contribution < 1.29 is 35.6 Å². The number of rotatable bonds is 3. The average Bonchev–Trinajstić information content (AvgIpc) is 2.81. The van der Waals surface area contributed by atoms with Crippen molar-refractivity contribution in [2.75, 3.05) is 0 Å². The van der Waals surface area contributed by atoms with E-state index in [0.29, 0.717) is 17.4 Å². The molecule has 0 aliphatic rings. The van der Waals surface area contributed by atoms with Gasteiger partial charge in [-0.1, -0.05) is 0 Å². The molecule has 2 heterocycles. The van der Waals surface area contributed by atoms with Gasteiger partial charge < -0.3 is 4.42 Å². The van der Waals surface area contributed by atoms with Crippen molar-refractivity contribution in [1.29, 1.82) is 0 Å². The Morgan fingerprint density at radius 1 is 1.13 bits per heavy atom. The number of nitrogens with zero attached hydrogens (tertiary/aromatic N) is 1. The Morgan fingerprint density at radius 3 is 2.26 bits per heavy atom. The van der Waals surface area contributed by atoms with Gasteiger partial charge in [0.1, 0.15) is 5.76 Å². The van der Waals surface area contributed by atoms with Crippen molar-refractivity contribution in [2.45, 2.75) is 25.7 Å². The van der Waals surface area contributed by atoms with Crippen LogP contribution in [0.1, 0.15) is 33.1 Å². The molecule has 0 aliphatic heterocycles. The van der Waals surface area contributed by atoms with E-state index in [1.807, 2.05) is 0 Å². The summed E-state index contributed by atoms with van der Waals surface area (Å²) in [6.07, 6.45) is -9.33. The first-order valence-electron chi connectivity index (χ1n) is 6.21. The van der Waals surface area contributed by atoms with Gasteiger partial charge in [0.15, 0.2) is 5.69 Å². The van der Waals surface area contributed by atoms with Gasteiger partial charge >= 0.3 is 12.4 Å². The first kappa shape index (κ1) is 17.0. The largest absolute Gasteiger partial charge is 0.469 e. The molecule has 2 aromatic rings. The zero-order valence-electron chi connectivity index (χ0n) is 11.5. The van der Waals surface area contributed by atoms with E-state index >= 15 is 0 Å². The summed E-state index contributed by atoms with van der Waals surface area (Å²) >= 11 is 0.